The first-order valence-corrected chi connectivity index (χ1v) is 9.32. The van der Waals surface area contributed by atoms with E-state index < -0.39 is 0 Å². The first-order valence-electron chi connectivity index (χ1n) is 8.94. The molecule has 0 saturated heterocycles. The number of benzene rings is 1. The molecule has 9 nitrogen and oxygen atoms in total. The predicted octanol–water partition coefficient (Wildman–Crippen LogP) is 2.61. The Morgan fingerprint density at radius 2 is 1.93 bits per heavy atom. The van der Waals surface area contributed by atoms with Crippen LogP contribution in [0.5, 0.6) is 17.2 Å². The van der Waals surface area contributed by atoms with E-state index in [2.05, 4.69) is 15.5 Å². The summed E-state index contributed by atoms with van der Waals surface area (Å²) < 4.78 is 19.6. The number of rotatable bonds is 10. The Morgan fingerprint density at radius 1 is 1.17 bits per heavy atom. The standard InChI is InChI=1S/C19H22ClN5O4/c1-27-16-5-3-6-17(28-2)18(16)29-13-25-10-7-15(23-25)19(26)21-8-4-9-24-12-14(20)11-22-24/h3,5-7,10-12H,4,8-9,13H2,1-2H3,(H,21,26). The molecule has 0 saturated carbocycles. The summed E-state index contributed by atoms with van der Waals surface area (Å²) in [5.41, 5.74) is 0.308. The van der Waals surface area contributed by atoms with Gasteiger partial charge in [0.25, 0.3) is 5.91 Å². The molecule has 0 spiro atoms. The number of nitrogens with one attached hydrogen (secondary N) is 1. The zero-order valence-corrected chi connectivity index (χ0v) is 16.9. The Balaban J connectivity index is 1.49. The lowest BCUT2D eigenvalue weighted by Crippen LogP contribution is -2.26. The molecule has 0 unspecified atom stereocenters. The van der Waals surface area contributed by atoms with Gasteiger partial charge in [-0.1, -0.05) is 17.7 Å². The smallest absolute Gasteiger partial charge is 0.271 e. The Bertz CT molecular complexity index is 933. The van der Waals surface area contributed by atoms with Gasteiger partial charge in [0.05, 0.1) is 25.4 Å². The molecule has 2 aromatic heterocycles. The molecular weight excluding hydrogens is 398 g/mol. The van der Waals surface area contributed by atoms with Crippen molar-refractivity contribution >= 4 is 17.5 Å². The number of hydrogen-bond acceptors (Lipinski definition) is 6. The topological polar surface area (TPSA) is 92.4 Å². The third kappa shape index (κ3) is 5.41. The molecule has 1 amide bonds. The summed E-state index contributed by atoms with van der Waals surface area (Å²) in [5, 5.41) is 11.7. The lowest BCUT2D eigenvalue weighted by molar-refractivity contribution is 0.0945. The van der Waals surface area contributed by atoms with Crippen LogP contribution in [-0.4, -0.2) is 46.2 Å². The Hall–Kier alpha value is -3.20. The van der Waals surface area contributed by atoms with Crippen LogP contribution in [0.15, 0.2) is 42.9 Å². The first kappa shape index (κ1) is 20.5. The Labute approximate surface area is 173 Å². The average molecular weight is 420 g/mol. The maximum absolute atomic E-state index is 12.2. The largest absolute Gasteiger partial charge is 0.493 e. The first-order chi connectivity index (χ1) is 14.1. The summed E-state index contributed by atoms with van der Waals surface area (Å²) in [6, 6.07) is 6.99. The second kappa shape index (κ2) is 9.83. The normalized spacial score (nSPS) is 10.6. The van der Waals surface area contributed by atoms with Crippen molar-refractivity contribution in [2.45, 2.75) is 19.7 Å². The van der Waals surface area contributed by atoms with Gasteiger partial charge in [-0.2, -0.15) is 10.2 Å². The van der Waals surface area contributed by atoms with E-state index in [-0.39, 0.29) is 12.6 Å². The van der Waals surface area contributed by atoms with Crippen molar-refractivity contribution in [1.29, 1.82) is 0 Å². The van der Waals surface area contributed by atoms with E-state index in [9.17, 15) is 4.79 Å². The Kier molecular flexibility index (Phi) is 6.96. The lowest BCUT2D eigenvalue weighted by atomic mass is 10.3. The number of carbonyl (C=O) groups excluding carboxylic acids is 1. The molecule has 3 aromatic rings. The van der Waals surface area contributed by atoms with Crippen LogP contribution in [0.2, 0.25) is 5.02 Å². The number of amides is 1. The molecule has 154 valence electrons. The van der Waals surface area contributed by atoms with Gasteiger partial charge in [-0.05, 0) is 24.6 Å². The molecule has 0 atom stereocenters. The van der Waals surface area contributed by atoms with Crippen LogP contribution >= 0.6 is 11.6 Å². The van der Waals surface area contributed by atoms with E-state index in [1.165, 1.54) is 4.68 Å². The zero-order chi connectivity index (χ0) is 20.6. The van der Waals surface area contributed by atoms with E-state index in [0.29, 0.717) is 41.1 Å². The van der Waals surface area contributed by atoms with Gasteiger partial charge in [0.15, 0.2) is 18.2 Å². The Morgan fingerprint density at radius 3 is 2.59 bits per heavy atom. The number of hydrogen-bond donors (Lipinski definition) is 1. The van der Waals surface area contributed by atoms with Crippen LogP contribution in [0.1, 0.15) is 16.9 Å². The van der Waals surface area contributed by atoms with E-state index in [4.69, 9.17) is 25.8 Å². The van der Waals surface area contributed by atoms with Gasteiger partial charge in [-0.3, -0.25) is 9.48 Å². The third-order valence-corrected chi connectivity index (χ3v) is 4.24. The second-order valence-electron chi connectivity index (χ2n) is 6.04. The summed E-state index contributed by atoms with van der Waals surface area (Å²) in [4.78, 5) is 12.2. The van der Waals surface area contributed by atoms with Gasteiger partial charge < -0.3 is 19.5 Å². The molecule has 0 fully saturated rings. The summed E-state index contributed by atoms with van der Waals surface area (Å²) in [7, 11) is 3.11. The highest BCUT2D eigenvalue weighted by molar-refractivity contribution is 6.30. The minimum absolute atomic E-state index is 0.101. The fourth-order valence-corrected chi connectivity index (χ4v) is 2.80. The minimum atomic E-state index is -0.253. The maximum atomic E-state index is 12.2. The van der Waals surface area contributed by atoms with Crippen LogP contribution in [0.25, 0.3) is 0 Å². The number of methoxy groups -OCH3 is 2. The monoisotopic (exact) mass is 419 g/mol. The van der Waals surface area contributed by atoms with Crippen molar-refractivity contribution in [2.75, 3.05) is 20.8 Å². The highest BCUT2D eigenvalue weighted by Crippen LogP contribution is 2.36. The van der Waals surface area contributed by atoms with E-state index >= 15 is 0 Å². The zero-order valence-electron chi connectivity index (χ0n) is 16.2. The quantitative estimate of drug-likeness (QED) is 0.508. The molecule has 0 aliphatic carbocycles. The molecular formula is C19H22ClN5O4. The van der Waals surface area contributed by atoms with Gasteiger partial charge in [-0.25, -0.2) is 4.68 Å². The van der Waals surface area contributed by atoms with E-state index in [0.717, 1.165) is 6.42 Å². The van der Waals surface area contributed by atoms with Gasteiger partial charge in [-0.15, -0.1) is 0 Å². The van der Waals surface area contributed by atoms with Crippen molar-refractivity contribution in [3.05, 3.63) is 53.6 Å². The third-order valence-electron chi connectivity index (χ3n) is 4.05. The maximum Gasteiger partial charge on any atom is 0.271 e. The fourth-order valence-electron chi connectivity index (χ4n) is 2.64. The van der Waals surface area contributed by atoms with Crippen molar-refractivity contribution in [3.63, 3.8) is 0 Å². The highest BCUT2D eigenvalue weighted by atomic mass is 35.5. The summed E-state index contributed by atoms with van der Waals surface area (Å²) >= 11 is 5.82. The van der Waals surface area contributed by atoms with Gasteiger partial charge in [0.1, 0.15) is 5.69 Å². The number of halogens is 1. The number of nitrogens with zero attached hydrogens (tertiary/aromatic N) is 4. The van der Waals surface area contributed by atoms with Crippen molar-refractivity contribution < 1.29 is 19.0 Å². The van der Waals surface area contributed by atoms with Crippen molar-refractivity contribution in [3.8, 4) is 17.2 Å². The van der Waals surface area contributed by atoms with Crippen LogP contribution in [0.4, 0.5) is 0 Å². The molecule has 3 rings (SSSR count). The van der Waals surface area contributed by atoms with Gasteiger partial charge in [0.2, 0.25) is 5.75 Å². The fraction of sp³-hybridized carbons (Fsp3) is 0.316. The molecule has 0 bridgehead atoms. The van der Waals surface area contributed by atoms with E-state index in [1.807, 2.05) is 6.07 Å². The van der Waals surface area contributed by atoms with Gasteiger partial charge in [0, 0.05) is 25.5 Å². The number of aromatic nitrogens is 4. The predicted molar refractivity (Wildman–Crippen MR) is 107 cm³/mol. The summed E-state index contributed by atoms with van der Waals surface area (Å²) in [6.07, 6.45) is 5.71. The lowest BCUT2D eigenvalue weighted by Gasteiger charge is -2.13. The highest BCUT2D eigenvalue weighted by Gasteiger charge is 2.13. The van der Waals surface area contributed by atoms with Crippen LogP contribution in [0, 0.1) is 0 Å². The number of aryl methyl sites for hydroxylation is 1. The molecule has 0 aliphatic rings. The summed E-state index contributed by atoms with van der Waals surface area (Å²) in [5.74, 6) is 1.32. The molecule has 1 N–H and O–H groups in total. The van der Waals surface area contributed by atoms with Crippen molar-refractivity contribution in [2.24, 2.45) is 0 Å². The van der Waals surface area contributed by atoms with Crippen molar-refractivity contribution in [1.82, 2.24) is 24.9 Å². The average Bonchev–Trinajstić information content (AvgIpc) is 3.38. The number of para-hydroxylation sites is 1. The molecule has 29 heavy (non-hydrogen) atoms. The minimum Gasteiger partial charge on any atom is -0.493 e. The van der Waals surface area contributed by atoms with Crippen LogP contribution < -0.4 is 19.5 Å². The van der Waals surface area contributed by atoms with Crippen LogP contribution in [-0.2, 0) is 13.3 Å². The van der Waals surface area contributed by atoms with E-state index in [1.54, 1.807) is 55.7 Å². The number of carbonyl (C=O) groups is 1. The van der Waals surface area contributed by atoms with Gasteiger partial charge >= 0.3 is 0 Å². The second-order valence-corrected chi connectivity index (χ2v) is 6.47. The molecule has 10 heteroatoms. The number of ether oxygens (including phenoxy) is 3. The molecule has 2 heterocycles. The molecule has 0 radical (unpaired) electrons. The molecule has 0 aliphatic heterocycles. The van der Waals surface area contributed by atoms with Crippen LogP contribution in [0.3, 0.4) is 0 Å². The summed E-state index contributed by atoms with van der Waals surface area (Å²) in [6.45, 7) is 1.26. The SMILES string of the molecule is COc1cccc(OC)c1OCn1ccc(C(=O)NCCCn2cc(Cl)cn2)n1. The molecule has 1 aromatic carbocycles.